The second-order valence-electron chi connectivity index (χ2n) is 4.36. The molecule has 0 N–H and O–H groups in total. The van der Waals surface area contributed by atoms with Crippen molar-refractivity contribution in [2.45, 2.75) is 67.7 Å². The van der Waals surface area contributed by atoms with Crippen molar-refractivity contribution in [2.24, 2.45) is 11.3 Å². The van der Waals surface area contributed by atoms with Crippen LogP contribution in [0.5, 0.6) is 0 Å². The number of hydrogen-bond acceptors (Lipinski definition) is 1. The Balaban J connectivity index is -0.000000205. The minimum absolute atomic E-state index is 0.550. The zero-order chi connectivity index (χ0) is 12.2. The fourth-order valence-electron chi connectivity index (χ4n) is 0.901. The van der Waals surface area contributed by atoms with Crippen LogP contribution in [0, 0.1) is 11.3 Å². The SMILES string of the molecule is CCC.CCC(C)C(C)(C)CC.CS. The predicted molar refractivity (Wildman–Crippen MR) is 74.4 cm³/mol. The van der Waals surface area contributed by atoms with Crippen LogP contribution < -0.4 is 0 Å². The van der Waals surface area contributed by atoms with Crippen LogP contribution in [0.25, 0.3) is 0 Å². The van der Waals surface area contributed by atoms with Gasteiger partial charge in [-0.2, -0.15) is 12.6 Å². The standard InChI is InChI=1S/C9H20.C3H8.CH4S/c1-6-8(3)9(4,5)7-2;1-3-2;1-2/h8H,6-7H2,1-5H3;3H2,1-2H3;2H,1H3. The highest BCUT2D eigenvalue weighted by Gasteiger charge is 2.21. The Morgan fingerprint density at radius 1 is 1.00 bits per heavy atom. The van der Waals surface area contributed by atoms with E-state index in [0.717, 1.165) is 5.92 Å². The molecule has 0 aromatic carbocycles. The minimum atomic E-state index is 0.550. The molecule has 0 aliphatic carbocycles. The van der Waals surface area contributed by atoms with Crippen LogP contribution in [0.1, 0.15) is 67.7 Å². The Bertz CT molecular complexity index is 87.2. The van der Waals surface area contributed by atoms with Crippen LogP contribution in [0.2, 0.25) is 0 Å². The maximum Gasteiger partial charge on any atom is -0.0215 e. The van der Waals surface area contributed by atoms with Crippen molar-refractivity contribution >= 4 is 12.6 Å². The smallest absolute Gasteiger partial charge is 0.0215 e. The first kappa shape index (κ1) is 19.9. The Hall–Kier alpha value is 0.350. The van der Waals surface area contributed by atoms with Crippen molar-refractivity contribution in [3.63, 3.8) is 0 Å². The van der Waals surface area contributed by atoms with Gasteiger partial charge in [-0.05, 0) is 17.6 Å². The van der Waals surface area contributed by atoms with Gasteiger partial charge < -0.3 is 0 Å². The maximum atomic E-state index is 3.53. The molecule has 0 saturated heterocycles. The molecule has 0 spiro atoms. The van der Waals surface area contributed by atoms with E-state index < -0.39 is 0 Å². The Labute approximate surface area is 98.3 Å². The van der Waals surface area contributed by atoms with Crippen molar-refractivity contribution in [3.8, 4) is 0 Å². The molecule has 0 fully saturated rings. The van der Waals surface area contributed by atoms with Crippen molar-refractivity contribution in [1.29, 1.82) is 0 Å². The van der Waals surface area contributed by atoms with Gasteiger partial charge in [0.2, 0.25) is 0 Å². The lowest BCUT2D eigenvalue weighted by atomic mass is 9.77. The summed E-state index contributed by atoms with van der Waals surface area (Å²) in [5.41, 5.74) is 0.550. The Morgan fingerprint density at radius 3 is 1.36 bits per heavy atom. The summed E-state index contributed by atoms with van der Waals surface area (Å²) in [6.45, 7) is 15.8. The lowest BCUT2D eigenvalue weighted by Gasteiger charge is -2.29. The molecule has 0 aliphatic rings. The van der Waals surface area contributed by atoms with Crippen molar-refractivity contribution in [2.75, 3.05) is 6.26 Å². The summed E-state index contributed by atoms with van der Waals surface area (Å²) in [6, 6.07) is 0. The van der Waals surface area contributed by atoms with Crippen molar-refractivity contribution in [1.82, 2.24) is 0 Å². The zero-order valence-electron chi connectivity index (χ0n) is 11.6. The van der Waals surface area contributed by atoms with E-state index in [9.17, 15) is 0 Å². The number of rotatable bonds is 3. The van der Waals surface area contributed by atoms with E-state index >= 15 is 0 Å². The van der Waals surface area contributed by atoms with Gasteiger partial charge in [0.15, 0.2) is 0 Å². The maximum absolute atomic E-state index is 3.53. The molecule has 0 saturated carbocycles. The molecule has 1 unspecified atom stereocenters. The van der Waals surface area contributed by atoms with E-state index in [1.54, 1.807) is 6.26 Å². The fraction of sp³-hybridized carbons (Fsp3) is 1.00. The highest BCUT2D eigenvalue weighted by atomic mass is 32.1. The highest BCUT2D eigenvalue weighted by Crippen LogP contribution is 2.31. The lowest BCUT2D eigenvalue weighted by Crippen LogP contribution is -2.19. The Kier molecular flexibility index (Phi) is 18.9. The summed E-state index contributed by atoms with van der Waals surface area (Å²) < 4.78 is 0. The molecule has 0 heterocycles. The third-order valence-corrected chi connectivity index (χ3v) is 2.86. The van der Waals surface area contributed by atoms with Gasteiger partial charge in [0, 0.05) is 0 Å². The van der Waals surface area contributed by atoms with E-state index in [4.69, 9.17) is 0 Å². The number of thiol groups is 1. The minimum Gasteiger partial charge on any atom is -0.183 e. The molecule has 0 rings (SSSR count). The molecule has 90 valence electrons. The normalized spacial score (nSPS) is 11.8. The third kappa shape index (κ3) is 12.3. The second kappa shape index (κ2) is 13.4. The zero-order valence-corrected chi connectivity index (χ0v) is 12.5. The van der Waals surface area contributed by atoms with Gasteiger partial charge in [-0.25, -0.2) is 0 Å². The van der Waals surface area contributed by atoms with Crippen LogP contribution in [-0.4, -0.2) is 6.26 Å². The van der Waals surface area contributed by atoms with Gasteiger partial charge in [-0.3, -0.25) is 0 Å². The van der Waals surface area contributed by atoms with Gasteiger partial charge in [0.05, 0.1) is 0 Å². The second-order valence-corrected chi connectivity index (χ2v) is 4.36. The summed E-state index contributed by atoms with van der Waals surface area (Å²) >= 11 is 3.53. The predicted octanol–water partition coefficient (Wildman–Crippen LogP) is 5.43. The van der Waals surface area contributed by atoms with Crippen molar-refractivity contribution in [3.05, 3.63) is 0 Å². The molecule has 1 atom stereocenters. The lowest BCUT2D eigenvalue weighted by molar-refractivity contribution is 0.215. The molecule has 14 heavy (non-hydrogen) atoms. The first-order valence-corrected chi connectivity index (χ1v) is 6.80. The molecule has 0 bridgehead atoms. The van der Waals surface area contributed by atoms with E-state index in [1.807, 2.05) is 0 Å². The topological polar surface area (TPSA) is 0 Å². The van der Waals surface area contributed by atoms with Crippen LogP contribution in [0.15, 0.2) is 0 Å². The van der Waals surface area contributed by atoms with Gasteiger partial charge in [0.1, 0.15) is 0 Å². The van der Waals surface area contributed by atoms with Crippen LogP contribution >= 0.6 is 12.6 Å². The van der Waals surface area contributed by atoms with E-state index in [1.165, 1.54) is 19.3 Å². The molecular weight excluding hydrogens is 188 g/mol. The van der Waals surface area contributed by atoms with Gasteiger partial charge in [-0.1, -0.05) is 67.7 Å². The first-order valence-electron chi connectivity index (χ1n) is 5.90. The Morgan fingerprint density at radius 2 is 1.29 bits per heavy atom. The van der Waals surface area contributed by atoms with Gasteiger partial charge in [-0.15, -0.1) is 0 Å². The third-order valence-electron chi connectivity index (χ3n) is 2.86. The van der Waals surface area contributed by atoms with Crippen molar-refractivity contribution < 1.29 is 0 Å². The molecule has 0 amide bonds. The molecule has 0 aliphatic heterocycles. The largest absolute Gasteiger partial charge is 0.183 e. The van der Waals surface area contributed by atoms with Gasteiger partial charge in [0.25, 0.3) is 0 Å². The van der Waals surface area contributed by atoms with Crippen LogP contribution in [0.3, 0.4) is 0 Å². The average Bonchev–Trinajstić information content (AvgIpc) is 2.20. The average molecular weight is 220 g/mol. The van der Waals surface area contributed by atoms with Crippen LogP contribution in [0.4, 0.5) is 0 Å². The summed E-state index contributed by atoms with van der Waals surface area (Å²) in [4.78, 5) is 0. The monoisotopic (exact) mass is 220 g/mol. The quantitative estimate of drug-likeness (QED) is 0.602. The molecule has 1 heteroatoms. The summed E-state index contributed by atoms with van der Waals surface area (Å²) in [6.07, 6.45) is 5.54. The highest BCUT2D eigenvalue weighted by molar-refractivity contribution is 7.79. The fourth-order valence-corrected chi connectivity index (χ4v) is 0.901. The summed E-state index contributed by atoms with van der Waals surface area (Å²) in [7, 11) is 0. The van der Waals surface area contributed by atoms with E-state index in [2.05, 4.69) is 61.1 Å². The molecule has 0 aromatic rings. The summed E-state index contributed by atoms with van der Waals surface area (Å²) in [5, 5.41) is 0. The van der Waals surface area contributed by atoms with Crippen LogP contribution in [-0.2, 0) is 0 Å². The molecule has 0 nitrogen and oxygen atoms in total. The first-order chi connectivity index (χ1) is 6.46. The molecular formula is C13H32S. The molecule has 0 aromatic heterocycles. The van der Waals surface area contributed by atoms with Gasteiger partial charge >= 0.3 is 0 Å². The van der Waals surface area contributed by atoms with E-state index in [0.29, 0.717) is 5.41 Å². The molecule has 0 radical (unpaired) electrons. The summed E-state index contributed by atoms with van der Waals surface area (Å²) in [5.74, 6) is 0.863. The number of hydrogen-bond donors (Lipinski definition) is 1. The van der Waals surface area contributed by atoms with E-state index in [-0.39, 0.29) is 0 Å².